The summed E-state index contributed by atoms with van der Waals surface area (Å²) in [7, 11) is 3.92. The maximum Gasteiger partial charge on any atom is 0.138 e. The van der Waals surface area contributed by atoms with Crippen LogP contribution >= 0.6 is 27.7 Å². The number of likely N-dealkylation sites (N-methyl/N-ethyl adjacent to an activating group) is 1. The van der Waals surface area contributed by atoms with Crippen molar-refractivity contribution in [3.05, 3.63) is 40.9 Å². The Hall–Kier alpha value is -0.850. The van der Waals surface area contributed by atoms with Gasteiger partial charge in [-0.3, -0.25) is 4.68 Å². The van der Waals surface area contributed by atoms with E-state index in [4.69, 9.17) is 0 Å². The second-order valence-corrected chi connectivity index (χ2v) is 6.26. The average Bonchev–Trinajstić information content (AvgIpc) is 2.82. The summed E-state index contributed by atoms with van der Waals surface area (Å²) in [6.07, 6.45) is 2.49. The van der Waals surface area contributed by atoms with Crippen molar-refractivity contribution < 1.29 is 0 Å². The van der Waals surface area contributed by atoms with Crippen molar-refractivity contribution in [2.24, 2.45) is 7.05 Å². The fraction of sp³-hybridized carbons (Fsp3) is 0.385. The van der Waals surface area contributed by atoms with Crippen LogP contribution in [0.25, 0.3) is 0 Å². The normalized spacial score (nSPS) is 12.6. The van der Waals surface area contributed by atoms with Gasteiger partial charge in [0.25, 0.3) is 0 Å². The van der Waals surface area contributed by atoms with Crippen LogP contribution in [0.2, 0.25) is 0 Å². The number of nitrogens with zero attached hydrogens (tertiary/aromatic N) is 3. The van der Waals surface area contributed by atoms with Gasteiger partial charge in [0.05, 0.1) is 0 Å². The highest BCUT2D eigenvalue weighted by Gasteiger charge is 2.11. The Morgan fingerprint density at radius 2 is 2.11 bits per heavy atom. The van der Waals surface area contributed by atoms with Gasteiger partial charge in [-0.2, -0.15) is 5.10 Å². The molecule has 0 saturated carbocycles. The number of halogens is 1. The lowest BCUT2D eigenvalue weighted by Gasteiger charge is -2.15. The van der Waals surface area contributed by atoms with Crippen molar-refractivity contribution >= 4 is 27.7 Å². The maximum atomic E-state index is 4.27. The summed E-state index contributed by atoms with van der Waals surface area (Å²) in [6, 6.07) is 8.78. The van der Waals surface area contributed by atoms with Crippen molar-refractivity contribution in [1.29, 1.82) is 0 Å². The van der Waals surface area contributed by atoms with Crippen molar-refractivity contribution in [2.75, 3.05) is 12.8 Å². The van der Waals surface area contributed by atoms with Crippen LogP contribution in [0.3, 0.4) is 0 Å². The molecule has 0 fully saturated rings. The molecule has 0 spiro atoms. The van der Waals surface area contributed by atoms with Crippen molar-refractivity contribution in [2.45, 2.75) is 17.4 Å². The summed E-state index contributed by atoms with van der Waals surface area (Å²) >= 11 is 5.30. The van der Waals surface area contributed by atoms with Crippen LogP contribution in [0.5, 0.6) is 0 Å². The Morgan fingerprint density at radius 3 is 2.68 bits per heavy atom. The Kier molecular flexibility index (Phi) is 5.42. The Morgan fingerprint density at radius 1 is 1.37 bits per heavy atom. The third-order valence-corrected chi connectivity index (χ3v) is 4.61. The Balaban J connectivity index is 1.89. The summed E-state index contributed by atoms with van der Waals surface area (Å²) in [5.74, 6) is 2.01. The van der Waals surface area contributed by atoms with Crippen molar-refractivity contribution in [3.63, 3.8) is 0 Å². The lowest BCUT2D eigenvalue weighted by Crippen LogP contribution is -2.31. The predicted octanol–water partition coefficient (Wildman–Crippen LogP) is 2.50. The lowest BCUT2D eigenvalue weighted by molar-refractivity contribution is 0.573. The molecule has 102 valence electrons. The number of aromatic nitrogens is 3. The van der Waals surface area contributed by atoms with Gasteiger partial charge in [0, 0.05) is 34.6 Å². The Labute approximate surface area is 126 Å². The van der Waals surface area contributed by atoms with Gasteiger partial charge >= 0.3 is 0 Å². The summed E-state index contributed by atoms with van der Waals surface area (Å²) in [6.45, 7) is 0. The maximum absolute atomic E-state index is 4.27. The van der Waals surface area contributed by atoms with Gasteiger partial charge in [-0.1, -0.05) is 15.9 Å². The first kappa shape index (κ1) is 14.6. The largest absolute Gasteiger partial charge is 0.316 e. The van der Waals surface area contributed by atoms with E-state index in [9.17, 15) is 0 Å². The molecule has 19 heavy (non-hydrogen) atoms. The molecule has 1 N–H and O–H groups in total. The first-order chi connectivity index (χ1) is 9.19. The standard InChI is InChI=1S/C13H17BrN4S/c1-15-11(7-13-16-9-17-18(13)2)8-19-12-5-3-10(14)4-6-12/h3-6,9,11,15H,7-8H2,1-2H3. The first-order valence-corrected chi connectivity index (χ1v) is 7.85. The average molecular weight is 341 g/mol. The van der Waals surface area contributed by atoms with Crippen LogP contribution in [-0.4, -0.2) is 33.6 Å². The minimum atomic E-state index is 0.386. The molecule has 6 heteroatoms. The molecule has 4 nitrogen and oxygen atoms in total. The van der Waals surface area contributed by atoms with E-state index in [0.29, 0.717) is 6.04 Å². The zero-order valence-corrected chi connectivity index (χ0v) is 13.4. The van der Waals surface area contributed by atoms with Gasteiger partial charge in [0.15, 0.2) is 0 Å². The second-order valence-electron chi connectivity index (χ2n) is 4.25. The molecule has 0 radical (unpaired) electrons. The fourth-order valence-corrected chi connectivity index (χ4v) is 2.97. The summed E-state index contributed by atoms with van der Waals surface area (Å²) < 4.78 is 2.94. The van der Waals surface area contributed by atoms with Gasteiger partial charge in [-0.15, -0.1) is 11.8 Å². The summed E-state index contributed by atoms with van der Waals surface area (Å²) in [5, 5.41) is 7.44. The van der Waals surface area contributed by atoms with Crippen LogP contribution in [0, 0.1) is 0 Å². The number of hydrogen-bond acceptors (Lipinski definition) is 4. The molecule has 1 atom stereocenters. The summed E-state index contributed by atoms with van der Waals surface area (Å²) in [5.41, 5.74) is 0. The van der Waals surface area contributed by atoms with Gasteiger partial charge in [0.1, 0.15) is 12.2 Å². The summed E-state index contributed by atoms with van der Waals surface area (Å²) in [4.78, 5) is 5.55. The predicted molar refractivity (Wildman–Crippen MR) is 82.4 cm³/mol. The minimum absolute atomic E-state index is 0.386. The second kappa shape index (κ2) is 7.07. The van der Waals surface area contributed by atoms with E-state index in [1.165, 1.54) is 4.90 Å². The van der Waals surface area contributed by atoms with E-state index >= 15 is 0 Å². The van der Waals surface area contributed by atoms with E-state index < -0.39 is 0 Å². The van der Waals surface area contributed by atoms with E-state index in [1.807, 2.05) is 30.5 Å². The molecule has 0 aliphatic heterocycles. The number of thioether (sulfide) groups is 1. The molecule has 2 aromatic rings. The molecule has 0 aliphatic carbocycles. The monoisotopic (exact) mass is 340 g/mol. The highest BCUT2D eigenvalue weighted by Crippen LogP contribution is 2.21. The number of benzene rings is 1. The molecule has 0 saturated heterocycles. The van der Waals surface area contributed by atoms with Crippen molar-refractivity contribution in [1.82, 2.24) is 20.1 Å². The first-order valence-electron chi connectivity index (χ1n) is 6.07. The molecule has 1 unspecified atom stereocenters. The van der Waals surface area contributed by atoms with Gasteiger partial charge in [-0.25, -0.2) is 4.98 Å². The van der Waals surface area contributed by atoms with Gasteiger partial charge in [-0.05, 0) is 31.3 Å². The van der Waals surface area contributed by atoms with E-state index in [2.05, 4.69) is 55.6 Å². The van der Waals surface area contributed by atoms with Crippen LogP contribution in [0.15, 0.2) is 40.0 Å². The zero-order chi connectivity index (χ0) is 13.7. The molecule has 0 amide bonds. The van der Waals surface area contributed by atoms with Crippen LogP contribution < -0.4 is 5.32 Å². The number of rotatable bonds is 6. The molecule has 2 rings (SSSR count). The van der Waals surface area contributed by atoms with Crippen LogP contribution in [-0.2, 0) is 13.5 Å². The smallest absolute Gasteiger partial charge is 0.138 e. The molecule has 1 heterocycles. The highest BCUT2D eigenvalue weighted by atomic mass is 79.9. The number of nitrogens with one attached hydrogen (secondary N) is 1. The zero-order valence-electron chi connectivity index (χ0n) is 11.0. The van der Waals surface area contributed by atoms with Crippen molar-refractivity contribution in [3.8, 4) is 0 Å². The highest BCUT2D eigenvalue weighted by molar-refractivity contribution is 9.10. The number of hydrogen-bond donors (Lipinski definition) is 1. The number of aryl methyl sites for hydroxylation is 1. The molecule has 0 aliphatic rings. The third kappa shape index (κ3) is 4.33. The van der Waals surface area contributed by atoms with Gasteiger partial charge in [0.2, 0.25) is 0 Å². The lowest BCUT2D eigenvalue weighted by atomic mass is 10.2. The molecular weight excluding hydrogens is 324 g/mol. The molecular formula is C13H17BrN4S. The third-order valence-electron chi connectivity index (χ3n) is 2.91. The van der Waals surface area contributed by atoms with E-state index in [-0.39, 0.29) is 0 Å². The quantitative estimate of drug-likeness (QED) is 0.820. The van der Waals surface area contributed by atoms with E-state index in [1.54, 1.807) is 6.33 Å². The topological polar surface area (TPSA) is 42.7 Å². The molecule has 0 bridgehead atoms. The molecule has 1 aromatic carbocycles. The minimum Gasteiger partial charge on any atom is -0.316 e. The fourth-order valence-electron chi connectivity index (χ4n) is 1.70. The van der Waals surface area contributed by atoms with Crippen LogP contribution in [0.4, 0.5) is 0 Å². The van der Waals surface area contributed by atoms with Gasteiger partial charge < -0.3 is 5.32 Å². The Bertz CT molecular complexity index is 512. The molecule has 1 aromatic heterocycles. The van der Waals surface area contributed by atoms with Crippen LogP contribution in [0.1, 0.15) is 5.82 Å². The SMILES string of the molecule is CNC(CSc1ccc(Br)cc1)Cc1ncnn1C. The van der Waals surface area contributed by atoms with E-state index in [0.717, 1.165) is 22.5 Å².